The molecule has 4 rings (SSSR count). The molecule has 1 atom stereocenters. The lowest BCUT2D eigenvalue weighted by atomic mass is 9.89. The zero-order valence-electron chi connectivity index (χ0n) is 21.3. The first-order chi connectivity index (χ1) is 17.7. The van der Waals surface area contributed by atoms with Crippen LogP contribution in [0.2, 0.25) is 0 Å². The number of ether oxygens (including phenoxy) is 3. The molecular weight excluding hydrogens is 485 g/mol. The van der Waals surface area contributed by atoms with Crippen LogP contribution in [0, 0.1) is 0 Å². The Bertz CT molecular complexity index is 1170. The van der Waals surface area contributed by atoms with E-state index in [0.29, 0.717) is 18.5 Å². The van der Waals surface area contributed by atoms with Crippen molar-refractivity contribution in [2.75, 3.05) is 20.8 Å². The summed E-state index contributed by atoms with van der Waals surface area (Å²) in [7, 11) is 3.31. The smallest absolute Gasteiger partial charge is 0.497 e. The number of nitrogens with zero attached hydrogens (tertiary/aromatic N) is 2. The second-order valence-corrected chi connectivity index (χ2v) is 8.37. The molecule has 0 bridgehead atoms. The van der Waals surface area contributed by atoms with Crippen molar-refractivity contribution < 1.29 is 32.2 Å². The molecule has 1 aliphatic rings. The Hall–Kier alpha value is -3.75. The number of hydrogen-bond donors (Lipinski definition) is 0. The van der Waals surface area contributed by atoms with Crippen LogP contribution in [0.4, 0.5) is 13.2 Å². The molecule has 0 radical (unpaired) electrons. The Morgan fingerprint density at radius 1 is 1.05 bits per heavy atom. The number of methoxy groups -OCH3 is 2. The number of carbonyl (C=O) groups excluding carboxylic acids is 1. The maximum atomic E-state index is 12.9. The second-order valence-electron chi connectivity index (χ2n) is 8.37. The molecule has 37 heavy (non-hydrogen) atoms. The number of fused-ring (bicyclic) bond motifs is 1. The minimum atomic E-state index is -4.60. The van der Waals surface area contributed by atoms with Crippen molar-refractivity contribution in [2.24, 2.45) is 0 Å². The summed E-state index contributed by atoms with van der Waals surface area (Å²) in [6.07, 6.45) is 0.985. The van der Waals surface area contributed by atoms with Gasteiger partial charge in [-0.05, 0) is 60.7 Å². The Labute approximate surface area is 215 Å². The SMILES string of the molecule is CCC1c2c(cc(OC)cc2OC)CCN1C(=O)c1cccnc1.CCc1cccc(OC(F)(F)F)c1. The Kier molecular flexibility index (Phi) is 9.38. The number of aromatic nitrogens is 1. The van der Waals surface area contributed by atoms with Crippen LogP contribution in [-0.2, 0) is 12.8 Å². The van der Waals surface area contributed by atoms with Gasteiger partial charge in [0.1, 0.15) is 17.2 Å². The summed E-state index contributed by atoms with van der Waals surface area (Å²) in [5.41, 5.74) is 3.71. The summed E-state index contributed by atoms with van der Waals surface area (Å²) in [5, 5.41) is 0. The number of benzene rings is 2. The number of aryl methyl sites for hydroxylation is 1. The lowest BCUT2D eigenvalue weighted by Crippen LogP contribution is -2.40. The van der Waals surface area contributed by atoms with E-state index in [4.69, 9.17) is 9.47 Å². The van der Waals surface area contributed by atoms with Gasteiger partial charge in [-0.1, -0.05) is 26.0 Å². The first kappa shape index (κ1) is 27.8. The van der Waals surface area contributed by atoms with Crippen LogP contribution in [0.15, 0.2) is 60.9 Å². The normalized spacial score (nSPS) is 14.7. The zero-order valence-corrected chi connectivity index (χ0v) is 21.3. The molecule has 1 aromatic heterocycles. The van der Waals surface area contributed by atoms with E-state index in [-0.39, 0.29) is 17.7 Å². The number of alkyl halides is 3. The average molecular weight is 517 g/mol. The van der Waals surface area contributed by atoms with Crippen LogP contribution in [0.5, 0.6) is 17.2 Å². The monoisotopic (exact) mass is 516 g/mol. The summed E-state index contributed by atoms with van der Waals surface area (Å²) >= 11 is 0. The van der Waals surface area contributed by atoms with Crippen LogP contribution < -0.4 is 14.2 Å². The molecule has 0 spiro atoms. The lowest BCUT2D eigenvalue weighted by molar-refractivity contribution is -0.274. The number of halogens is 3. The van der Waals surface area contributed by atoms with Gasteiger partial charge in [0, 0.05) is 30.6 Å². The maximum Gasteiger partial charge on any atom is 0.573 e. The number of rotatable bonds is 6. The van der Waals surface area contributed by atoms with Crippen LogP contribution in [0.1, 0.15) is 53.4 Å². The van der Waals surface area contributed by atoms with Crippen LogP contribution in [-0.4, -0.2) is 42.9 Å². The summed E-state index contributed by atoms with van der Waals surface area (Å²) in [5.74, 6) is 1.41. The maximum absolute atomic E-state index is 12.9. The van der Waals surface area contributed by atoms with Gasteiger partial charge in [-0.3, -0.25) is 9.78 Å². The zero-order chi connectivity index (χ0) is 27.0. The van der Waals surface area contributed by atoms with Gasteiger partial charge in [-0.15, -0.1) is 13.2 Å². The third-order valence-corrected chi connectivity index (χ3v) is 6.08. The fraction of sp³-hybridized carbons (Fsp3) is 0.357. The van der Waals surface area contributed by atoms with Crippen molar-refractivity contribution in [3.05, 3.63) is 83.2 Å². The molecule has 2 aromatic carbocycles. The van der Waals surface area contributed by atoms with E-state index in [1.807, 2.05) is 30.0 Å². The molecule has 0 N–H and O–H groups in total. The van der Waals surface area contributed by atoms with Gasteiger partial charge >= 0.3 is 6.36 Å². The molecule has 1 aliphatic heterocycles. The first-order valence-corrected chi connectivity index (χ1v) is 12.0. The minimum absolute atomic E-state index is 0.0117. The predicted molar refractivity (Wildman–Crippen MR) is 134 cm³/mol. The summed E-state index contributed by atoms with van der Waals surface area (Å²) in [4.78, 5) is 18.9. The third kappa shape index (κ3) is 7.15. The first-order valence-electron chi connectivity index (χ1n) is 12.0. The molecule has 0 saturated heterocycles. The highest BCUT2D eigenvalue weighted by molar-refractivity contribution is 5.94. The average Bonchev–Trinajstić information content (AvgIpc) is 2.91. The molecule has 2 heterocycles. The second kappa shape index (κ2) is 12.5. The lowest BCUT2D eigenvalue weighted by Gasteiger charge is -2.38. The van der Waals surface area contributed by atoms with E-state index in [9.17, 15) is 18.0 Å². The van der Waals surface area contributed by atoms with Crippen LogP contribution in [0.25, 0.3) is 0 Å². The number of hydrogen-bond acceptors (Lipinski definition) is 5. The van der Waals surface area contributed by atoms with E-state index < -0.39 is 6.36 Å². The standard InChI is InChI=1S/C19H22N2O3.C9H9F3O/c1-4-16-18-13(10-15(23-2)11-17(18)24-3)7-9-21(16)19(22)14-6-5-8-20-12-14;1-2-7-4-3-5-8(6-7)13-9(10,11)12/h5-6,8,10-12,16H,4,7,9H2,1-3H3;3-6H,2H2,1H3. The van der Waals surface area contributed by atoms with Crippen molar-refractivity contribution in [3.63, 3.8) is 0 Å². The van der Waals surface area contributed by atoms with E-state index in [2.05, 4.69) is 16.6 Å². The van der Waals surface area contributed by atoms with Crippen molar-refractivity contribution in [2.45, 2.75) is 45.5 Å². The van der Waals surface area contributed by atoms with Gasteiger partial charge in [-0.25, -0.2) is 0 Å². The van der Waals surface area contributed by atoms with Crippen molar-refractivity contribution in [1.29, 1.82) is 0 Å². The molecule has 0 fully saturated rings. The minimum Gasteiger partial charge on any atom is -0.497 e. The van der Waals surface area contributed by atoms with Gasteiger partial charge in [-0.2, -0.15) is 0 Å². The molecular formula is C28H31F3N2O4. The van der Waals surface area contributed by atoms with Gasteiger partial charge in [0.25, 0.3) is 5.91 Å². The number of pyridine rings is 1. The number of carbonyl (C=O) groups is 1. The van der Waals surface area contributed by atoms with E-state index in [0.717, 1.165) is 35.5 Å². The topological polar surface area (TPSA) is 60.9 Å². The van der Waals surface area contributed by atoms with Crippen molar-refractivity contribution in [3.8, 4) is 17.2 Å². The molecule has 9 heteroatoms. The molecule has 6 nitrogen and oxygen atoms in total. The molecule has 1 amide bonds. The molecule has 0 saturated carbocycles. The highest BCUT2D eigenvalue weighted by Crippen LogP contribution is 2.41. The fourth-order valence-electron chi connectivity index (χ4n) is 4.37. The van der Waals surface area contributed by atoms with Gasteiger partial charge < -0.3 is 19.1 Å². The highest BCUT2D eigenvalue weighted by Gasteiger charge is 2.33. The Morgan fingerprint density at radius 3 is 2.43 bits per heavy atom. The third-order valence-electron chi connectivity index (χ3n) is 6.08. The Balaban J connectivity index is 0.000000248. The predicted octanol–water partition coefficient (Wildman–Crippen LogP) is 6.40. The van der Waals surface area contributed by atoms with Gasteiger partial charge in [0.2, 0.25) is 0 Å². The van der Waals surface area contributed by atoms with E-state index in [1.54, 1.807) is 44.8 Å². The number of amides is 1. The van der Waals surface area contributed by atoms with Crippen LogP contribution in [0.3, 0.4) is 0 Å². The quantitative estimate of drug-likeness (QED) is 0.380. The van der Waals surface area contributed by atoms with Crippen LogP contribution >= 0.6 is 0 Å². The largest absolute Gasteiger partial charge is 0.573 e. The van der Waals surface area contributed by atoms with Crippen molar-refractivity contribution in [1.82, 2.24) is 9.88 Å². The van der Waals surface area contributed by atoms with E-state index >= 15 is 0 Å². The molecule has 198 valence electrons. The van der Waals surface area contributed by atoms with Gasteiger partial charge in [0.15, 0.2) is 0 Å². The molecule has 0 aliphatic carbocycles. The summed E-state index contributed by atoms with van der Waals surface area (Å²) in [6, 6.07) is 13.5. The van der Waals surface area contributed by atoms with E-state index in [1.165, 1.54) is 17.7 Å². The molecule has 3 aromatic rings. The Morgan fingerprint density at radius 2 is 1.84 bits per heavy atom. The highest BCUT2D eigenvalue weighted by atomic mass is 19.4. The molecule has 1 unspecified atom stereocenters. The summed E-state index contributed by atoms with van der Waals surface area (Å²) < 4.78 is 50.0. The van der Waals surface area contributed by atoms with Gasteiger partial charge in [0.05, 0.1) is 25.8 Å². The summed E-state index contributed by atoms with van der Waals surface area (Å²) in [6.45, 7) is 4.63. The van der Waals surface area contributed by atoms with Crippen molar-refractivity contribution >= 4 is 5.91 Å². The fourth-order valence-corrected chi connectivity index (χ4v) is 4.37.